The maximum absolute atomic E-state index is 3.60. The standard InChI is InChI=1S/C13H19NS/c1-3-10(2)14-8-11-9-15-13-7-5-4-6-12(11)13/h4-7,10-11,14H,3,8-9H2,1-2H3. The highest BCUT2D eigenvalue weighted by atomic mass is 32.2. The van der Waals surface area contributed by atoms with Crippen LogP contribution in [0.15, 0.2) is 29.2 Å². The molecule has 0 aliphatic carbocycles. The average molecular weight is 221 g/mol. The van der Waals surface area contributed by atoms with E-state index in [1.807, 2.05) is 11.8 Å². The summed E-state index contributed by atoms with van der Waals surface area (Å²) in [6.07, 6.45) is 1.21. The van der Waals surface area contributed by atoms with Gasteiger partial charge in [-0.2, -0.15) is 0 Å². The van der Waals surface area contributed by atoms with Gasteiger partial charge in [0, 0.05) is 29.2 Å². The van der Waals surface area contributed by atoms with E-state index in [0.717, 1.165) is 6.54 Å². The molecule has 1 aliphatic rings. The number of hydrogen-bond donors (Lipinski definition) is 1. The Morgan fingerprint density at radius 1 is 1.47 bits per heavy atom. The minimum absolute atomic E-state index is 0.641. The second kappa shape index (κ2) is 5.04. The van der Waals surface area contributed by atoms with Gasteiger partial charge < -0.3 is 5.32 Å². The van der Waals surface area contributed by atoms with Gasteiger partial charge in [0.2, 0.25) is 0 Å². The van der Waals surface area contributed by atoms with Crippen LogP contribution in [0.25, 0.3) is 0 Å². The first-order valence-corrected chi connectivity index (χ1v) is 6.75. The van der Waals surface area contributed by atoms with Crippen molar-refractivity contribution in [3.8, 4) is 0 Å². The summed E-state index contributed by atoms with van der Waals surface area (Å²) in [5, 5.41) is 3.60. The first-order chi connectivity index (χ1) is 7.31. The molecule has 0 amide bonds. The van der Waals surface area contributed by atoms with E-state index < -0.39 is 0 Å². The molecule has 1 N–H and O–H groups in total. The summed E-state index contributed by atoms with van der Waals surface area (Å²) < 4.78 is 0. The molecule has 1 heterocycles. The van der Waals surface area contributed by atoms with Crippen LogP contribution in [0.5, 0.6) is 0 Å². The molecule has 1 nitrogen and oxygen atoms in total. The minimum atomic E-state index is 0.641. The van der Waals surface area contributed by atoms with Crippen LogP contribution < -0.4 is 5.32 Å². The van der Waals surface area contributed by atoms with Crippen LogP contribution in [-0.4, -0.2) is 18.3 Å². The van der Waals surface area contributed by atoms with Crippen molar-refractivity contribution in [3.63, 3.8) is 0 Å². The fourth-order valence-corrected chi connectivity index (χ4v) is 3.14. The Kier molecular flexibility index (Phi) is 3.71. The van der Waals surface area contributed by atoms with E-state index in [4.69, 9.17) is 0 Å². The Bertz CT molecular complexity index is 324. The van der Waals surface area contributed by atoms with Gasteiger partial charge >= 0.3 is 0 Å². The molecule has 0 fully saturated rings. The zero-order valence-corrected chi connectivity index (χ0v) is 10.3. The largest absolute Gasteiger partial charge is 0.314 e. The summed E-state index contributed by atoms with van der Waals surface area (Å²) in [7, 11) is 0. The van der Waals surface area contributed by atoms with Crippen molar-refractivity contribution in [1.29, 1.82) is 0 Å². The van der Waals surface area contributed by atoms with Gasteiger partial charge in [0.05, 0.1) is 0 Å². The number of thioether (sulfide) groups is 1. The molecule has 82 valence electrons. The van der Waals surface area contributed by atoms with Crippen molar-refractivity contribution in [1.82, 2.24) is 5.32 Å². The molecular weight excluding hydrogens is 202 g/mol. The lowest BCUT2D eigenvalue weighted by molar-refractivity contribution is 0.511. The second-order valence-electron chi connectivity index (χ2n) is 4.26. The summed E-state index contributed by atoms with van der Waals surface area (Å²) in [5.41, 5.74) is 1.54. The van der Waals surface area contributed by atoms with Gasteiger partial charge in [0.25, 0.3) is 0 Å². The minimum Gasteiger partial charge on any atom is -0.314 e. The Labute approximate surface area is 96.7 Å². The van der Waals surface area contributed by atoms with Gasteiger partial charge in [-0.1, -0.05) is 25.1 Å². The van der Waals surface area contributed by atoms with Crippen LogP contribution in [-0.2, 0) is 0 Å². The third-order valence-electron chi connectivity index (χ3n) is 3.12. The molecule has 0 bridgehead atoms. The lowest BCUT2D eigenvalue weighted by Gasteiger charge is -2.16. The smallest absolute Gasteiger partial charge is 0.0108 e. The average Bonchev–Trinajstić information content (AvgIpc) is 2.69. The van der Waals surface area contributed by atoms with Crippen molar-refractivity contribution in [2.45, 2.75) is 37.1 Å². The van der Waals surface area contributed by atoms with Gasteiger partial charge in [0.15, 0.2) is 0 Å². The number of fused-ring (bicyclic) bond motifs is 1. The molecule has 15 heavy (non-hydrogen) atoms. The number of hydrogen-bond acceptors (Lipinski definition) is 2. The summed E-state index contributed by atoms with van der Waals surface area (Å²) in [5.74, 6) is 1.95. The van der Waals surface area contributed by atoms with Crippen molar-refractivity contribution in [2.75, 3.05) is 12.3 Å². The fourth-order valence-electron chi connectivity index (χ4n) is 1.89. The Balaban J connectivity index is 1.96. The zero-order chi connectivity index (χ0) is 10.7. The Morgan fingerprint density at radius 3 is 3.07 bits per heavy atom. The van der Waals surface area contributed by atoms with Crippen molar-refractivity contribution >= 4 is 11.8 Å². The van der Waals surface area contributed by atoms with E-state index >= 15 is 0 Å². The van der Waals surface area contributed by atoms with E-state index in [0.29, 0.717) is 12.0 Å². The maximum Gasteiger partial charge on any atom is 0.0108 e. The number of benzene rings is 1. The fraction of sp³-hybridized carbons (Fsp3) is 0.538. The van der Waals surface area contributed by atoms with Crippen LogP contribution in [0, 0.1) is 0 Å². The molecule has 1 aromatic carbocycles. The predicted molar refractivity (Wildman–Crippen MR) is 67.7 cm³/mol. The molecule has 2 atom stereocenters. The highest BCUT2D eigenvalue weighted by Gasteiger charge is 2.22. The normalized spacial score (nSPS) is 21.3. The van der Waals surface area contributed by atoms with E-state index in [2.05, 4.69) is 43.4 Å². The van der Waals surface area contributed by atoms with Gasteiger partial charge in [-0.3, -0.25) is 0 Å². The highest BCUT2D eigenvalue weighted by Crippen LogP contribution is 2.38. The van der Waals surface area contributed by atoms with Crippen LogP contribution in [0.2, 0.25) is 0 Å². The molecule has 0 saturated heterocycles. The third-order valence-corrected chi connectivity index (χ3v) is 4.38. The second-order valence-corrected chi connectivity index (χ2v) is 5.33. The first kappa shape index (κ1) is 11.0. The lowest BCUT2D eigenvalue weighted by Crippen LogP contribution is -2.29. The van der Waals surface area contributed by atoms with Crippen molar-refractivity contribution in [2.24, 2.45) is 0 Å². The molecule has 0 spiro atoms. The molecule has 2 rings (SSSR count). The number of rotatable bonds is 4. The zero-order valence-electron chi connectivity index (χ0n) is 9.49. The monoisotopic (exact) mass is 221 g/mol. The van der Waals surface area contributed by atoms with E-state index in [-0.39, 0.29) is 0 Å². The molecular formula is C13H19NS. The summed E-state index contributed by atoms with van der Waals surface area (Å²) in [6, 6.07) is 9.45. The summed E-state index contributed by atoms with van der Waals surface area (Å²) >= 11 is 2.00. The molecule has 2 heteroatoms. The van der Waals surface area contributed by atoms with Gasteiger partial charge in [0.1, 0.15) is 0 Å². The molecule has 0 radical (unpaired) electrons. The summed E-state index contributed by atoms with van der Waals surface area (Å²) in [4.78, 5) is 1.48. The Hall–Kier alpha value is -0.470. The highest BCUT2D eigenvalue weighted by molar-refractivity contribution is 7.99. The third kappa shape index (κ3) is 2.56. The molecule has 0 aromatic heterocycles. The maximum atomic E-state index is 3.60. The van der Waals surface area contributed by atoms with Crippen LogP contribution >= 0.6 is 11.8 Å². The van der Waals surface area contributed by atoms with Crippen LogP contribution in [0.3, 0.4) is 0 Å². The first-order valence-electron chi connectivity index (χ1n) is 5.76. The quantitative estimate of drug-likeness (QED) is 0.837. The van der Waals surface area contributed by atoms with E-state index in [9.17, 15) is 0 Å². The van der Waals surface area contributed by atoms with Crippen LogP contribution in [0.1, 0.15) is 31.7 Å². The van der Waals surface area contributed by atoms with Crippen molar-refractivity contribution in [3.05, 3.63) is 29.8 Å². The van der Waals surface area contributed by atoms with E-state index in [1.165, 1.54) is 17.1 Å². The SMILES string of the molecule is CCC(C)NCC1CSc2ccccc21. The number of nitrogens with one attached hydrogen (secondary N) is 1. The molecule has 1 aliphatic heterocycles. The van der Waals surface area contributed by atoms with Gasteiger partial charge in [-0.05, 0) is 25.0 Å². The molecule has 1 aromatic rings. The Morgan fingerprint density at radius 2 is 2.27 bits per heavy atom. The topological polar surface area (TPSA) is 12.0 Å². The van der Waals surface area contributed by atoms with E-state index in [1.54, 1.807) is 5.56 Å². The van der Waals surface area contributed by atoms with Gasteiger partial charge in [-0.15, -0.1) is 11.8 Å². The summed E-state index contributed by atoms with van der Waals surface area (Å²) in [6.45, 7) is 5.61. The van der Waals surface area contributed by atoms with Crippen molar-refractivity contribution < 1.29 is 0 Å². The van der Waals surface area contributed by atoms with Gasteiger partial charge in [-0.25, -0.2) is 0 Å². The lowest BCUT2D eigenvalue weighted by atomic mass is 10.0. The predicted octanol–water partition coefficient (Wildman–Crippen LogP) is 3.26. The van der Waals surface area contributed by atoms with Crippen LogP contribution in [0.4, 0.5) is 0 Å². The molecule has 0 saturated carbocycles. The molecule has 2 unspecified atom stereocenters.